The Morgan fingerprint density at radius 2 is 2.11 bits per heavy atom. The first kappa shape index (κ1) is 18.2. The van der Waals surface area contributed by atoms with Crippen LogP contribution >= 0.6 is 0 Å². The van der Waals surface area contributed by atoms with Crippen LogP contribution in [0.1, 0.15) is 38.4 Å². The minimum atomic E-state index is -0.0124. The minimum absolute atomic E-state index is 0.0124. The van der Waals surface area contributed by atoms with Gasteiger partial charge in [-0.2, -0.15) is 5.26 Å². The molecule has 0 spiro atoms. The molecule has 1 aliphatic heterocycles. The second-order valence-electron chi connectivity index (χ2n) is 8.28. The van der Waals surface area contributed by atoms with Crippen molar-refractivity contribution in [2.75, 3.05) is 24.6 Å². The van der Waals surface area contributed by atoms with Gasteiger partial charge in [-0.25, -0.2) is 14.5 Å². The summed E-state index contributed by atoms with van der Waals surface area (Å²) in [4.78, 5) is 11.2. The molecule has 28 heavy (non-hydrogen) atoms. The predicted octanol–water partition coefficient (Wildman–Crippen LogP) is 3.20. The molecule has 3 aromatic rings. The SMILES string of the molecule is CC(C)(C)c1cn2nc(OCC3CCN(c4ccc(C#N)cn4)C3)ccc2n1. The van der Waals surface area contributed by atoms with Gasteiger partial charge in [-0.15, -0.1) is 5.10 Å². The molecule has 1 aliphatic rings. The van der Waals surface area contributed by atoms with E-state index in [2.05, 4.69) is 46.8 Å². The number of ether oxygens (including phenoxy) is 1. The summed E-state index contributed by atoms with van der Waals surface area (Å²) in [5, 5.41) is 13.4. The van der Waals surface area contributed by atoms with Gasteiger partial charge in [0.15, 0.2) is 5.65 Å². The average molecular weight is 376 g/mol. The lowest BCUT2D eigenvalue weighted by molar-refractivity contribution is 0.249. The third kappa shape index (κ3) is 3.77. The zero-order valence-corrected chi connectivity index (χ0v) is 16.5. The minimum Gasteiger partial charge on any atom is -0.476 e. The smallest absolute Gasteiger partial charge is 0.231 e. The van der Waals surface area contributed by atoms with Crippen molar-refractivity contribution in [3.8, 4) is 11.9 Å². The van der Waals surface area contributed by atoms with Gasteiger partial charge >= 0.3 is 0 Å². The maximum Gasteiger partial charge on any atom is 0.231 e. The third-order valence-corrected chi connectivity index (χ3v) is 5.02. The lowest BCUT2D eigenvalue weighted by atomic mass is 9.93. The van der Waals surface area contributed by atoms with E-state index in [0.29, 0.717) is 24.0 Å². The number of rotatable bonds is 4. The van der Waals surface area contributed by atoms with Crippen LogP contribution < -0.4 is 9.64 Å². The van der Waals surface area contributed by atoms with E-state index in [1.54, 1.807) is 10.7 Å². The number of hydrogen-bond acceptors (Lipinski definition) is 6. The first-order valence-electron chi connectivity index (χ1n) is 9.53. The van der Waals surface area contributed by atoms with E-state index in [9.17, 15) is 0 Å². The number of aromatic nitrogens is 4. The van der Waals surface area contributed by atoms with E-state index in [4.69, 9.17) is 10.00 Å². The fourth-order valence-corrected chi connectivity index (χ4v) is 3.32. The van der Waals surface area contributed by atoms with E-state index in [-0.39, 0.29) is 5.41 Å². The number of nitriles is 1. The molecule has 0 bridgehead atoms. The summed E-state index contributed by atoms with van der Waals surface area (Å²) in [6.45, 7) is 8.87. The Bertz CT molecular complexity index is 1010. The maximum atomic E-state index is 8.89. The summed E-state index contributed by atoms with van der Waals surface area (Å²) in [5.74, 6) is 1.94. The molecule has 144 valence electrons. The van der Waals surface area contributed by atoms with Crippen LogP contribution in [0, 0.1) is 17.2 Å². The van der Waals surface area contributed by atoms with Gasteiger partial charge in [-0.1, -0.05) is 20.8 Å². The first-order chi connectivity index (χ1) is 13.4. The quantitative estimate of drug-likeness (QED) is 0.696. The Hall–Kier alpha value is -3.14. The summed E-state index contributed by atoms with van der Waals surface area (Å²) in [6, 6.07) is 9.64. The van der Waals surface area contributed by atoms with E-state index < -0.39 is 0 Å². The van der Waals surface area contributed by atoms with Crippen LogP contribution in [0.25, 0.3) is 5.65 Å². The highest BCUT2D eigenvalue weighted by Gasteiger charge is 2.24. The molecule has 1 atom stereocenters. The van der Waals surface area contributed by atoms with E-state index >= 15 is 0 Å². The van der Waals surface area contributed by atoms with E-state index in [1.807, 2.05) is 30.5 Å². The molecule has 0 aromatic carbocycles. The summed E-state index contributed by atoms with van der Waals surface area (Å²) < 4.78 is 7.75. The predicted molar refractivity (Wildman–Crippen MR) is 106 cm³/mol. The first-order valence-corrected chi connectivity index (χ1v) is 9.53. The molecule has 0 aliphatic carbocycles. The van der Waals surface area contributed by atoms with Crippen molar-refractivity contribution in [2.24, 2.45) is 5.92 Å². The van der Waals surface area contributed by atoms with Crippen molar-refractivity contribution in [1.29, 1.82) is 5.26 Å². The molecular weight excluding hydrogens is 352 g/mol. The monoisotopic (exact) mass is 376 g/mol. The Balaban J connectivity index is 1.37. The topological polar surface area (TPSA) is 79.3 Å². The van der Waals surface area contributed by atoms with Gasteiger partial charge in [-0.3, -0.25) is 0 Å². The largest absolute Gasteiger partial charge is 0.476 e. The van der Waals surface area contributed by atoms with Crippen molar-refractivity contribution >= 4 is 11.5 Å². The standard InChI is InChI=1S/C21H24N6O/c1-21(2,3)17-13-27-19(24-17)6-7-20(25-27)28-14-16-8-9-26(12-16)18-5-4-15(10-22)11-23-18/h4-7,11,13,16H,8-9,12,14H2,1-3H3. The van der Waals surface area contributed by atoms with Gasteiger partial charge in [0.1, 0.15) is 11.9 Å². The third-order valence-electron chi connectivity index (χ3n) is 5.02. The average Bonchev–Trinajstić information content (AvgIpc) is 3.33. The molecule has 3 aromatic heterocycles. The summed E-state index contributed by atoms with van der Waals surface area (Å²) >= 11 is 0. The second kappa shape index (κ2) is 7.12. The normalized spacial score (nSPS) is 17.1. The number of anilines is 1. The summed E-state index contributed by atoms with van der Waals surface area (Å²) in [7, 11) is 0. The van der Waals surface area contributed by atoms with Crippen LogP contribution in [0.3, 0.4) is 0 Å². The van der Waals surface area contributed by atoms with E-state index in [1.165, 1.54) is 0 Å². The van der Waals surface area contributed by atoms with Gasteiger partial charge in [0.25, 0.3) is 0 Å². The highest BCUT2D eigenvalue weighted by atomic mass is 16.5. The van der Waals surface area contributed by atoms with Gasteiger partial charge < -0.3 is 9.64 Å². The zero-order chi connectivity index (χ0) is 19.7. The molecule has 0 amide bonds. The van der Waals surface area contributed by atoms with Crippen molar-refractivity contribution in [2.45, 2.75) is 32.6 Å². The Morgan fingerprint density at radius 3 is 2.82 bits per heavy atom. The summed E-state index contributed by atoms with van der Waals surface area (Å²) in [5.41, 5.74) is 2.41. The van der Waals surface area contributed by atoms with Crippen LogP contribution in [0.4, 0.5) is 5.82 Å². The number of imidazole rings is 1. The van der Waals surface area contributed by atoms with Crippen LogP contribution in [0.15, 0.2) is 36.7 Å². The lowest BCUT2D eigenvalue weighted by Crippen LogP contribution is -2.22. The van der Waals surface area contributed by atoms with Gasteiger partial charge in [0.2, 0.25) is 5.88 Å². The van der Waals surface area contributed by atoms with Crippen LogP contribution in [0.5, 0.6) is 5.88 Å². The van der Waals surface area contributed by atoms with E-state index in [0.717, 1.165) is 36.7 Å². The molecule has 1 fully saturated rings. The van der Waals surface area contributed by atoms with Gasteiger partial charge in [0, 0.05) is 36.7 Å². The summed E-state index contributed by atoms with van der Waals surface area (Å²) in [6.07, 6.45) is 4.63. The second-order valence-corrected chi connectivity index (χ2v) is 8.28. The van der Waals surface area contributed by atoms with Crippen LogP contribution in [0.2, 0.25) is 0 Å². The fraction of sp³-hybridized carbons (Fsp3) is 0.429. The highest BCUT2D eigenvalue weighted by molar-refractivity contribution is 5.43. The molecule has 7 nitrogen and oxygen atoms in total. The maximum absolute atomic E-state index is 8.89. The lowest BCUT2D eigenvalue weighted by Gasteiger charge is -2.17. The highest BCUT2D eigenvalue weighted by Crippen LogP contribution is 2.24. The molecular formula is C21H24N6O. The zero-order valence-electron chi connectivity index (χ0n) is 16.5. The van der Waals surface area contributed by atoms with Gasteiger partial charge in [0.05, 0.1) is 24.1 Å². The van der Waals surface area contributed by atoms with Crippen molar-refractivity contribution in [1.82, 2.24) is 19.6 Å². The van der Waals surface area contributed by atoms with Crippen molar-refractivity contribution < 1.29 is 4.74 Å². The molecule has 4 heterocycles. The Morgan fingerprint density at radius 1 is 1.25 bits per heavy atom. The van der Waals surface area contributed by atoms with Crippen molar-refractivity contribution in [3.63, 3.8) is 0 Å². The molecule has 1 unspecified atom stereocenters. The Kier molecular flexibility index (Phi) is 4.63. The van der Waals surface area contributed by atoms with Crippen LogP contribution in [-0.4, -0.2) is 39.3 Å². The Labute approximate surface area is 164 Å². The number of pyridine rings is 1. The number of hydrogen-bond donors (Lipinski definition) is 0. The fourth-order valence-electron chi connectivity index (χ4n) is 3.32. The van der Waals surface area contributed by atoms with Crippen molar-refractivity contribution in [3.05, 3.63) is 47.9 Å². The molecule has 0 radical (unpaired) electrons. The molecule has 1 saturated heterocycles. The molecule has 0 N–H and O–H groups in total. The van der Waals surface area contributed by atoms with Gasteiger partial charge in [-0.05, 0) is 24.6 Å². The molecule has 7 heteroatoms. The molecule has 4 rings (SSSR count). The molecule has 0 saturated carbocycles. The number of nitrogens with zero attached hydrogens (tertiary/aromatic N) is 6. The number of fused-ring (bicyclic) bond motifs is 1. The van der Waals surface area contributed by atoms with Crippen LogP contribution in [-0.2, 0) is 5.41 Å².